The summed E-state index contributed by atoms with van der Waals surface area (Å²) in [5, 5.41) is 3.77. The van der Waals surface area contributed by atoms with E-state index in [2.05, 4.69) is 5.32 Å². The quantitative estimate of drug-likeness (QED) is 0.876. The topological polar surface area (TPSA) is 46.2 Å². The Bertz CT molecular complexity index is 535. The molecule has 0 spiro atoms. The van der Waals surface area contributed by atoms with E-state index in [1.165, 1.54) is 0 Å². The zero-order chi connectivity index (χ0) is 15.4. The lowest BCUT2D eigenvalue weighted by Gasteiger charge is -2.31. The Hall–Kier alpha value is -0.580. The normalized spacial score (nSPS) is 14.2. The van der Waals surface area contributed by atoms with Crippen LogP contribution in [0.15, 0.2) is 24.3 Å². The summed E-state index contributed by atoms with van der Waals surface area (Å²) in [4.78, 5) is 0. The van der Waals surface area contributed by atoms with Gasteiger partial charge in [-0.1, -0.05) is 57.5 Å². The molecule has 1 N–H and O–H groups in total. The SMILES string of the molecule is CCNC(CS(=O)(=O)Cc1ccccc1Cl)C(C)(C)C. The lowest BCUT2D eigenvalue weighted by molar-refractivity contribution is 0.292. The predicted octanol–water partition coefficient (Wildman–Crippen LogP) is 3.28. The first-order chi connectivity index (χ1) is 9.15. The Morgan fingerprint density at radius 2 is 1.85 bits per heavy atom. The molecule has 0 aliphatic rings. The van der Waals surface area contributed by atoms with Crippen LogP contribution in [0.4, 0.5) is 0 Å². The molecule has 0 fully saturated rings. The highest BCUT2D eigenvalue weighted by Gasteiger charge is 2.29. The Balaban J connectivity index is 2.86. The summed E-state index contributed by atoms with van der Waals surface area (Å²) >= 11 is 6.04. The van der Waals surface area contributed by atoms with Gasteiger partial charge in [0.25, 0.3) is 0 Å². The van der Waals surface area contributed by atoms with Crippen molar-refractivity contribution >= 4 is 21.4 Å². The minimum atomic E-state index is -3.21. The molecule has 3 nitrogen and oxygen atoms in total. The molecule has 1 aromatic rings. The molecule has 0 aliphatic carbocycles. The Morgan fingerprint density at radius 1 is 1.25 bits per heavy atom. The molecule has 114 valence electrons. The van der Waals surface area contributed by atoms with Crippen LogP contribution in [0.5, 0.6) is 0 Å². The van der Waals surface area contributed by atoms with Crippen LogP contribution in [-0.4, -0.2) is 26.8 Å². The van der Waals surface area contributed by atoms with Crippen molar-refractivity contribution in [3.05, 3.63) is 34.9 Å². The fourth-order valence-electron chi connectivity index (χ4n) is 2.03. The summed E-state index contributed by atoms with van der Waals surface area (Å²) < 4.78 is 24.8. The molecule has 0 radical (unpaired) electrons. The molecule has 1 unspecified atom stereocenters. The van der Waals surface area contributed by atoms with Crippen molar-refractivity contribution in [3.8, 4) is 0 Å². The zero-order valence-corrected chi connectivity index (χ0v) is 14.2. The second kappa shape index (κ2) is 6.92. The smallest absolute Gasteiger partial charge is 0.156 e. The molecule has 0 amide bonds. The van der Waals surface area contributed by atoms with Gasteiger partial charge in [-0.25, -0.2) is 8.42 Å². The highest BCUT2D eigenvalue weighted by Crippen LogP contribution is 2.23. The van der Waals surface area contributed by atoms with Gasteiger partial charge in [0, 0.05) is 11.1 Å². The fourth-order valence-corrected chi connectivity index (χ4v) is 4.28. The lowest BCUT2D eigenvalue weighted by atomic mass is 9.88. The fraction of sp³-hybridized carbons (Fsp3) is 0.600. The first-order valence-corrected chi connectivity index (χ1v) is 9.03. The predicted molar refractivity (Wildman–Crippen MR) is 85.9 cm³/mol. The summed E-state index contributed by atoms with van der Waals surface area (Å²) in [7, 11) is -3.21. The summed E-state index contributed by atoms with van der Waals surface area (Å²) in [5.74, 6) is 0.111. The van der Waals surface area contributed by atoms with Crippen LogP contribution in [0.2, 0.25) is 5.02 Å². The lowest BCUT2D eigenvalue weighted by Crippen LogP contribution is -2.45. The molecule has 0 aromatic heterocycles. The van der Waals surface area contributed by atoms with Crippen molar-refractivity contribution in [2.24, 2.45) is 5.41 Å². The van der Waals surface area contributed by atoms with E-state index in [0.29, 0.717) is 10.6 Å². The van der Waals surface area contributed by atoms with Gasteiger partial charge in [-0.3, -0.25) is 0 Å². The largest absolute Gasteiger partial charge is 0.313 e. The van der Waals surface area contributed by atoms with Crippen molar-refractivity contribution in [3.63, 3.8) is 0 Å². The molecule has 1 rings (SSSR count). The van der Waals surface area contributed by atoms with Gasteiger partial charge in [0.05, 0.1) is 11.5 Å². The summed E-state index contributed by atoms with van der Waals surface area (Å²) in [5.41, 5.74) is 0.558. The molecule has 0 heterocycles. The van der Waals surface area contributed by atoms with E-state index in [1.54, 1.807) is 18.2 Å². The molecule has 1 aromatic carbocycles. The van der Waals surface area contributed by atoms with Gasteiger partial charge >= 0.3 is 0 Å². The number of benzene rings is 1. The van der Waals surface area contributed by atoms with Crippen molar-refractivity contribution < 1.29 is 8.42 Å². The van der Waals surface area contributed by atoms with E-state index in [9.17, 15) is 8.42 Å². The van der Waals surface area contributed by atoms with Crippen molar-refractivity contribution in [1.29, 1.82) is 0 Å². The van der Waals surface area contributed by atoms with Crippen LogP contribution in [0.3, 0.4) is 0 Å². The first kappa shape index (κ1) is 17.5. The molecule has 5 heteroatoms. The third-order valence-electron chi connectivity index (χ3n) is 3.25. The van der Waals surface area contributed by atoms with Crippen LogP contribution in [-0.2, 0) is 15.6 Å². The van der Waals surface area contributed by atoms with Crippen LogP contribution in [0.1, 0.15) is 33.3 Å². The maximum atomic E-state index is 12.4. The van der Waals surface area contributed by atoms with Gasteiger partial charge in [-0.2, -0.15) is 0 Å². The maximum absolute atomic E-state index is 12.4. The molecular weight excluding hydrogens is 294 g/mol. The average Bonchev–Trinajstić information content (AvgIpc) is 2.30. The van der Waals surface area contributed by atoms with E-state index in [-0.39, 0.29) is 23.0 Å². The second-order valence-corrected chi connectivity index (χ2v) is 8.64. The number of hydrogen-bond acceptors (Lipinski definition) is 3. The number of halogens is 1. The summed E-state index contributed by atoms with van der Waals surface area (Å²) in [6.07, 6.45) is 0. The van der Waals surface area contributed by atoms with E-state index in [4.69, 9.17) is 11.6 Å². The third kappa shape index (κ3) is 5.43. The highest BCUT2D eigenvalue weighted by molar-refractivity contribution is 7.90. The van der Waals surface area contributed by atoms with E-state index >= 15 is 0 Å². The number of rotatable bonds is 6. The number of hydrogen-bond donors (Lipinski definition) is 1. The van der Waals surface area contributed by atoms with Crippen molar-refractivity contribution in [2.75, 3.05) is 12.3 Å². The Morgan fingerprint density at radius 3 is 2.35 bits per heavy atom. The molecule has 20 heavy (non-hydrogen) atoms. The highest BCUT2D eigenvalue weighted by atomic mass is 35.5. The van der Waals surface area contributed by atoms with Gasteiger partial charge < -0.3 is 5.32 Å². The summed E-state index contributed by atoms with van der Waals surface area (Å²) in [6, 6.07) is 7.02. The third-order valence-corrected chi connectivity index (χ3v) is 5.21. The van der Waals surface area contributed by atoms with Gasteiger partial charge in [0.2, 0.25) is 0 Å². The van der Waals surface area contributed by atoms with Crippen molar-refractivity contribution in [2.45, 2.75) is 39.5 Å². The number of nitrogens with one attached hydrogen (secondary N) is 1. The number of sulfone groups is 1. The van der Waals surface area contributed by atoms with Crippen LogP contribution < -0.4 is 5.32 Å². The van der Waals surface area contributed by atoms with E-state index in [1.807, 2.05) is 33.8 Å². The first-order valence-electron chi connectivity index (χ1n) is 6.83. The van der Waals surface area contributed by atoms with E-state index in [0.717, 1.165) is 6.54 Å². The Kier molecular flexibility index (Phi) is 6.05. The van der Waals surface area contributed by atoms with Gasteiger partial charge in [0.15, 0.2) is 9.84 Å². The minimum absolute atomic E-state index is 0.00928. The maximum Gasteiger partial charge on any atom is 0.156 e. The summed E-state index contributed by atoms with van der Waals surface area (Å²) in [6.45, 7) is 8.88. The van der Waals surface area contributed by atoms with Crippen LogP contribution >= 0.6 is 11.6 Å². The average molecular weight is 318 g/mol. The van der Waals surface area contributed by atoms with Crippen LogP contribution in [0.25, 0.3) is 0 Å². The van der Waals surface area contributed by atoms with E-state index < -0.39 is 9.84 Å². The molecule has 0 saturated carbocycles. The second-order valence-electron chi connectivity index (χ2n) is 6.12. The molecular formula is C15H24ClNO2S. The monoisotopic (exact) mass is 317 g/mol. The van der Waals surface area contributed by atoms with Gasteiger partial charge in [-0.15, -0.1) is 0 Å². The minimum Gasteiger partial charge on any atom is -0.313 e. The van der Waals surface area contributed by atoms with Gasteiger partial charge in [0.1, 0.15) is 0 Å². The van der Waals surface area contributed by atoms with Crippen LogP contribution in [0, 0.1) is 5.41 Å². The molecule has 0 saturated heterocycles. The Labute approximate surface area is 127 Å². The molecule has 0 aliphatic heterocycles. The standard InChI is InChI=1S/C15H24ClNO2S/c1-5-17-14(15(2,3)4)11-20(18,19)10-12-8-6-7-9-13(12)16/h6-9,14,17H,5,10-11H2,1-4H3. The zero-order valence-electron chi connectivity index (χ0n) is 12.6. The molecule has 0 bridgehead atoms. The molecule has 1 atom stereocenters. The van der Waals surface area contributed by atoms with Crippen molar-refractivity contribution in [1.82, 2.24) is 5.32 Å². The van der Waals surface area contributed by atoms with Gasteiger partial charge in [-0.05, 0) is 23.6 Å².